The average Bonchev–Trinajstić information content (AvgIpc) is 3.29. The first-order chi connectivity index (χ1) is 9.99. The van der Waals surface area contributed by atoms with Gasteiger partial charge in [-0.2, -0.15) is 0 Å². The molecule has 0 aromatic heterocycles. The Balaban J connectivity index is 1.71. The Kier molecular flexibility index (Phi) is 4.66. The maximum Gasteiger partial charge on any atom is 0.0255 e. The molecule has 0 aromatic carbocycles. The maximum absolute atomic E-state index is 3.82. The van der Waals surface area contributed by atoms with Crippen LogP contribution >= 0.6 is 0 Å². The fraction of sp³-hybridized carbons (Fsp3) is 1.00. The molecule has 3 saturated carbocycles. The summed E-state index contributed by atoms with van der Waals surface area (Å²) in [5, 5.41) is 3.82. The van der Waals surface area contributed by atoms with E-state index in [0.717, 1.165) is 36.5 Å². The minimum Gasteiger partial charge on any atom is -0.313 e. The zero-order chi connectivity index (χ0) is 15.0. The molecule has 3 aliphatic rings. The highest BCUT2D eigenvalue weighted by molar-refractivity contribution is 5.00. The minimum absolute atomic E-state index is 0.476. The predicted octanol–water partition coefficient (Wildman–Crippen LogP) is 4.05. The first-order valence-electron chi connectivity index (χ1n) is 9.48. The van der Waals surface area contributed by atoms with E-state index in [0.29, 0.717) is 5.41 Å². The van der Waals surface area contributed by atoms with Crippen LogP contribution < -0.4 is 5.32 Å². The smallest absolute Gasteiger partial charge is 0.0255 e. The Bertz CT molecular complexity index is 338. The monoisotopic (exact) mass is 292 g/mol. The van der Waals surface area contributed by atoms with Crippen LogP contribution in [0, 0.1) is 17.3 Å². The Labute approximate surface area is 132 Å². The molecule has 0 heterocycles. The van der Waals surface area contributed by atoms with E-state index in [-0.39, 0.29) is 0 Å². The third kappa shape index (κ3) is 4.01. The van der Waals surface area contributed by atoms with Crippen molar-refractivity contribution < 1.29 is 0 Å². The van der Waals surface area contributed by atoms with Gasteiger partial charge in [-0.1, -0.05) is 27.7 Å². The molecule has 3 unspecified atom stereocenters. The van der Waals surface area contributed by atoms with Crippen molar-refractivity contribution in [3.63, 3.8) is 0 Å². The predicted molar refractivity (Wildman–Crippen MR) is 90.5 cm³/mol. The maximum atomic E-state index is 3.82. The molecule has 3 fully saturated rings. The Hall–Kier alpha value is -0.0800. The first-order valence-corrected chi connectivity index (χ1v) is 9.48. The highest BCUT2D eigenvalue weighted by Crippen LogP contribution is 2.43. The van der Waals surface area contributed by atoms with Gasteiger partial charge in [0.2, 0.25) is 0 Å². The zero-order valence-corrected chi connectivity index (χ0v) is 14.7. The largest absolute Gasteiger partial charge is 0.313 e. The summed E-state index contributed by atoms with van der Waals surface area (Å²) in [5.74, 6) is 1.93. The van der Waals surface area contributed by atoms with Gasteiger partial charge in [0.1, 0.15) is 0 Å². The quantitative estimate of drug-likeness (QED) is 0.794. The van der Waals surface area contributed by atoms with Crippen molar-refractivity contribution >= 4 is 0 Å². The molecule has 122 valence electrons. The summed E-state index contributed by atoms with van der Waals surface area (Å²) in [4.78, 5) is 2.95. The summed E-state index contributed by atoms with van der Waals surface area (Å²) in [5.41, 5.74) is 0.476. The van der Waals surface area contributed by atoms with Crippen LogP contribution in [0.1, 0.15) is 72.6 Å². The minimum atomic E-state index is 0.476. The summed E-state index contributed by atoms with van der Waals surface area (Å²) in [7, 11) is 0. The molecule has 21 heavy (non-hydrogen) atoms. The van der Waals surface area contributed by atoms with Gasteiger partial charge in [0.05, 0.1) is 0 Å². The standard InChI is InChI=1S/C19H36N2/c1-5-20-17-11-8-15(19(2,3)4)12-18(17)21(16-9-10-16)13-14-6-7-14/h14-18,20H,5-13H2,1-4H3. The van der Waals surface area contributed by atoms with Gasteiger partial charge < -0.3 is 5.32 Å². The summed E-state index contributed by atoms with van der Waals surface area (Å²) in [6, 6.07) is 2.47. The van der Waals surface area contributed by atoms with E-state index in [1.807, 2.05) is 0 Å². The summed E-state index contributed by atoms with van der Waals surface area (Å²) in [6.45, 7) is 12.1. The first kappa shape index (κ1) is 15.8. The number of nitrogens with one attached hydrogen (secondary N) is 1. The van der Waals surface area contributed by atoms with Crippen molar-refractivity contribution in [3.05, 3.63) is 0 Å². The number of nitrogens with zero attached hydrogens (tertiary/aromatic N) is 1. The van der Waals surface area contributed by atoms with Gasteiger partial charge in [-0.25, -0.2) is 0 Å². The van der Waals surface area contributed by atoms with Gasteiger partial charge >= 0.3 is 0 Å². The number of rotatable bonds is 6. The lowest BCUT2D eigenvalue weighted by atomic mass is 9.69. The van der Waals surface area contributed by atoms with Gasteiger partial charge in [-0.05, 0) is 68.7 Å². The fourth-order valence-electron chi connectivity index (χ4n) is 4.36. The summed E-state index contributed by atoms with van der Waals surface area (Å²) >= 11 is 0. The highest BCUT2D eigenvalue weighted by Gasteiger charge is 2.44. The van der Waals surface area contributed by atoms with Crippen molar-refractivity contribution in [2.24, 2.45) is 17.3 Å². The van der Waals surface area contributed by atoms with Crippen LogP contribution in [0.15, 0.2) is 0 Å². The third-order valence-corrected chi connectivity index (χ3v) is 6.12. The molecule has 0 spiro atoms. The molecule has 0 aliphatic heterocycles. The molecule has 0 aromatic rings. The fourth-order valence-corrected chi connectivity index (χ4v) is 4.36. The summed E-state index contributed by atoms with van der Waals surface area (Å²) < 4.78 is 0. The van der Waals surface area contributed by atoms with Crippen LogP contribution in [0.3, 0.4) is 0 Å². The van der Waals surface area contributed by atoms with Gasteiger partial charge in [0.15, 0.2) is 0 Å². The highest BCUT2D eigenvalue weighted by atomic mass is 15.2. The van der Waals surface area contributed by atoms with E-state index in [9.17, 15) is 0 Å². The molecule has 1 N–H and O–H groups in total. The van der Waals surface area contributed by atoms with Gasteiger partial charge in [0.25, 0.3) is 0 Å². The molecule has 2 heteroatoms. The molecule has 0 radical (unpaired) electrons. The van der Waals surface area contributed by atoms with E-state index in [1.165, 1.54) is 51.5 Å². The molecule has 0 saturated heterocycles. The number of likely N-dealkylation sites (N-methyl/N-ethyl adjacent to an activating group) is 1. The molecule has 0 bridgehead atoms. The lowest BCUT2D eigenvalue weighted by Gasteiger charge is -2.47. The molecule has 0 amide bonds. The van der Waals surface area contributed by atoms with Crippen LogP contribution in [0.25, 0.3) is 0 Å². The second kappa shape index (κ2) is 6.20. The van der Waals surface area contributed by atoms with Crippen LogP contribution in [0.4, 0.5) is 0 Å². The van der Waals surface area contributed by atoms with E-state index >= 15 is 0 Å². The average molecular weight is 293 g/mol. The zero-order valence-electron chi connectivity index (χ0n) is 14.7. The van der Waals surface area contributed by atoms with Crippen LogP contribution in [-0.4, -0.2) is 36.1 Å². The Morgan fingerprint density at radius 3 is 2.24 bits per heavy atom. The molecule has 3 rings (SSSR count). The summed E-state index contributed by atoms with van der Waals surface area (Å²) in [6.07, 6.45) is 10.1. The molecule has 3 atom stereocenters. The van der Waals surface area contributed by atoms with Crippen molar-refractivity contribution in [1.82, 2.24) is 10.2 Å². The van der Waals surface area contributed by atoms with E-state index in [4.69, 9.17) is 0 Å². The van der Waals surface area contributed by atoms with Crippen molar-refractivity contribution in [3.8, 4) is 0 Å². The molecule has 2 nitrogen and oxygen atoms in total. The van der Waals surface area contributed by atoms with Crippen molar-refractivity contribution in [2.75, 3.05) is 13.1 Å². The molecular formula is C19H36N2. The van der Waals surface area contributed by atoms with Crippen molar-refractivity contribution in [1.29, 1.82) is 0 Å². The van der Waals surface area contributed by atoms with Gasteiger partial charge in [-0.15, -0.1) is 0 Å². The number of hydrogen-bond acceptors (Lipinski definition) is 2. The third-order valence-electron chi connectivity index (χ3n) is 6.12. The van der Waals surface area contributed by atoms with Crippen LogP contribution in [0.5, 0.6) is 0 Å². The van der Waals surface area contributed by atoms with Gasteiger partial charge in [0, 0.05) is 24.7 Å². The lowest BCUT2D eigenvalue weighted by Crippen LogP contribution is -2.55. The van der Waals surface area contributed by atoms with Crippen LogP contribution in [0.2, 0.25) is 0 Å². The van der Waals surface area contributed by atoms with E-state index in [2.05, 4.69) is 37.9 Å². The molecule has 3 aliphatic carbocycles. The topological polar surface area (TPSA) is 15.3 Å². The SMILES string of the molecule is CCNC1CCC(C(C)(C)C)CC1N(CC1CC1)C1CC1. The molecular weight excluding hydrogens is 256 g/mol. The number of hydrogen-bond donors (Lipinski definition) is 1. The van der Waals surface area contributed by atoms with Crippen LogP contribution in [-0.2, 0) is 0 Å². The Morgan fingerprint density at radius 2 is 1.71 bits per heavy atom. The van der Waals surface area contributed by atoms with E-state index < -0.39 is 0 Å². The lowest BCUT2D eigenvalue weighted by molar-refractivity contribution is 0.0508. The normalized spacial score (nSPS) is 34.4. The van der Waals surface area contributed by atoms with Gasteiger partial charge in [-0.3, -0.25) is 4.90 Å². The second-order valence-electron chi connectivity index (χ2n) is 8.98. The Morgan fingerprint density at radius 1 is 1.00 bits per heavy atom. The van der Waals surface area contributed by atoms with E-state index in [1.54, 1.807) is 0 Å². The van der Waals surface area contributed by atoms with Crippen molar-refractivity contribution in [2.45, 2.75) is 90.8 Å². The second-order valence-corrected chi connectivity index (χ2v) is 8.98.